The maximum absolute atomic E-state index is 12.1. The highest BCUT2D eigenvalue weighted by Gasteiger charge is 2.24. The normalized spacial score (nSPS) is 11.5. The second kappa shape index (κ2) is 10.2. The predicted octanol–water partition coefficient (Wildman–Crippen LogP) is 5.30. The number of anilines is 1. The predicted molar refractivity (Wildman–Crippen MR) is 102 cm³/mol. The molecule has 0 amide bonds. The molecule has 0 heterocycles. The Labute approximate surface area is 151 Å². The fourth-order valence-electron chi connectivity index (χ4n) is 2.44. The lowest BCUT2D eigenvalue weighted by atomic mass is 9.83. The van der Waals surface area contributed by atoms with Gasteiger partial charge in [-0.05, 0) is 37.0 Å². The summed E-state index contributed by atoms with van der Waals surface area (Å²) in [6.45, 7) is 7.74. The molecule has 0 aliphatic heterocycles. The first-order valence-corrected chi connectivity index (χ1v) is 9.50. The van der Waals surface area contributed by atoms with Gasteiger partial charge in [-0.1, -0.05) is 32.9 Å². The lowest BCUT2D eigenvalue weighted by Crippen LogP contribution is -2.27. The van der Waals surface area contributed by atoms with Crippen LogP contribution in [0.3, 0.4) is 0 Å². The number of aryl methyl sites for hydroxylation is 1. The van der Waals surface area contributed by atoms with Crippen LogP contribution >= 0.6 is 23.2 Å². The van der Waals surface area contributed by atoms with Crippen LogP contribution < -0.4 is 4.90 Å². The van der Waals surface area contributed by atoms with Gasteiger partial charge in [-0.3, -0.25) is 4.79 Å². The Morgan fingerprint density at radius 2 is 1.65 bits per heavy atom. The van der Waals surface area contributed by atoms with E-state index in [9.17, 15) is 4.79 Å². The van der Waals surface area contributed by atoms with Crippen LogP contribution in [0.2, 0.25) is 0 Å². The summed E-state index contributed by atoms with van der Waals surface area (Å²) >= 11 is 11.7. The van der Waals surface area contributed by atoms with E-state index in [-0.39, 0.29) is 5.41 Å². The Balaban J connectivity index is 2.52. The highest BCUT2D eigenvalue weighted by molar-refractivity contribution is 6.18. The van der Waals surface area contributed by atoms with Gasteiger partial charge in [0.2, 0.25) is 0 Å². The third-order valence-corrected chi connectivity index (χ3v) is 4.86. The minimum absolute atomic E-state index is 0.187. The lowest BCUT2D eigenvalue weighted by Gasteiger charge is -2.23. The molecule has 2 nitrogen and oxygen atoms in total. The number of halogens is 2. The van der Waals surface area contributed by atoms with Gasteiger partial charge in [0, 0.05) is 42.4 Å². The molecule has 1 rings (SSSR count). The SMILES string of the molecule is CCC(C)(C)C(=O)CCCc1ccc(N(CCCl)CCCl)cc1. The second-order valence-corrected chi connectivity index (χ2v) is 7.30. The third kappa shape index (κ3) is 6.73. The zero-order valence-corrected chi connectivity index (χ0v) is 16.1. The molecular formula is C19H29Cl2NO. The number of rotatable bonds is 11. The third-order valence-electron chi connectivity index (χ3n) is 4.52. The standard InChI is InChI=1S/C19H29Cl2NO/c1-4-19(2,3)18(23)7-5-6-16-8-10-17(11-9-16)22(14-12-20)15-13-21/h8-11H,4-7,12-15H2,1-3H3. The van der Waals surface area contributed by atoms with Crippen molar-refractivity contribution in [1.29, 1.82) is 0 Å². The van der Waals surface area contributed by atoms with Crippen LogP contribution in [0.15, 0.2) is 24.3 Å². The fraction of sp³-hybridized carbons (Fsp3) is 0.632. The van der Waals surface area contributed by atoms with E-state index < -0.39 is 0 Å². The van der Waals surface area contributed by atoms with E-state index in [4.69, 9.17) is 23.2 Å². The van der Waals surface area contributed by atoms with Crippen LogP contribution in [0.4, 0.5) is 5.69 Å². The van der Waals surface area contributed by atoms with E-state index in [0.29, 0.717) is 24.0 Å². The van der Waals surface area contributed by atoms with Gasteiger partial charge in [0.25, 0.3) is 0 Å². The maximum atomic E-state index is 12.1. The minimum atomic E-state index is -0.187. The van der Waals surface area contributed by atoms with Crippen molar-refractivity contribution in [1.82, 2.24) is 0 Å². The molecule has 0 atom stereocenters. The monoisotopic (exact) mass is 357 g/mol. The highest BCUT2D eigenvalue weighted by atomic mass is 35.5. The Hall–Kier alpha value is -0.730. The first-order valence-electron chi connectivity index (χ1n) is 8.43. The maximum Gasteiger partial charge on any atom is 0.138 e. The largest absolute Gasteiger partial charge is 0.369 e. The first kappa shape index (κ1) is 20.3. The van der Waals surface area contributed by atoms with Gasteiger partial charge in [-0.25, -0.2) is 0 Å². The van der Waals surface area contributed by atoms with E-state index in [0.717, 1.165) is 38.0 Å². The van der Waals surface area contributed by atoms with Gasteiger partial charge in [0.1, 0.15) is 5.78 Å². The van der Waals surface area contributed by atoms with Crippen LogP contribution in [0.1, 0.15) is 45.6 Å². The van der Waals surface area contributed by atoms with Crippen LogP contribution in [0.5, 0.6) is 0 Å². The number of carbonyl (C=O) groups is 1. The van der Waals surface area contributed by atoms with Crippen LogP contribution in [0, 0.1) is 5.41 Å². The summed E-state index contributed by atoms with van der Waals surface area (Å²) in [5, 5.41) is 0. The Morgan fingerprint density at radius 3 is 2.13 bits per heavy atom. The summed E-state index contributed by atoms with van der Waals surface area (Å²) in [5.74, 6) is 1.55. The van der Waals surface area contributed by atoms with Gasteiger partial charge in [0.05, 0.1) is 0 Å². The molecule has 0 fully saturated rings. The van der Waals surface area contributed by atoms with E-state index in [2.05, 4.69) is 36.1 Å². The summed E-state index contributed by atoms with van der Waals surface area (Å²) in [6.07, 6.45) is 3.41. The molecule has 0 radical (unpaired) electrons. The van der Waals surface area contributed by atoms with Crippen molar-refractivity contribution in [2.24, 2.45) is 5.41 Å². The molecule has 0 aromatic heterocycles. The summed E-state index contributed by atoms with van der Waals surface area (Å²) in [6, 6.07) is 8.51. The van der Waals surface area contributed by atoms with Gasteiger partial charge in [0.15, 0.2) is 0 Å². The highest BCUT2D eigenvalue weighted by Crippen LogP contribution is 2.24. The van der Waals surface area contributed by atoms with Gasteiger partial charge in [-0.15, -0.1) is 23.2 Å². The molecule has 0 aliphatic rings. The fourth-order valence-corrected chi connectivity index (χ4v) is 2.84. The number of carbonyl (C=O) groups excluding carboxylic acids is 1. The van der Waals surface area contributed by atoms with Crippen molar-refractivity contribution in [3.05, 3.63) is 29.8 Å². The molecular weight excluding hydrogens is 329 g/mol. The van der Waals surface area contributed by atoms with Gasteiger partial charge < -0.3 is 4.90 Å². The zero-order chi connectivity index (χ0) is 17.3. The van der Waals surface area contributed by atoms with E-state index in [1.165, 1.54) is 5.56 Å². The number of hydrogen-bond acceptors (Lipinski definition) is 2. The molecule has 0 bridgehead atoms. The number of Topliss-reactive ketones (excluding diaryl/α,β-unsaturated/α-hetero) is 1. The average molecular weight is 358 g/mol. The van der Waals surface area contributed by atoms with Crippen molar-refractivity contribution in [2.75, 3.05) is 29.7 Å². The van der Waals surface area contributed by atoms with Crippen molar-refractivity contribution in [2.45, 2.75) is 46.5 Å². The zero-order valence-electron chi connectivity index (χ0n) is 14.6. The quantitative estimate of drug-likeness (QED) is 0.501. The number of ketones is 1. The summed E-state index contributed by atoms with van der Waals surface area (Å²) in [5.41, 5.74) is 2.24. The summed E-state index contributed by atoms with van der Waals surface area (Å²) < 4.78 is 0. The van der Waals surface area contributed by atoms with E-state index >= 15 is 0 Å². The average Bonchev–Trinajstić information content (AvgIpc) is 2.55. The van der Waals surface area contributed by atoms with Crippen LogP contribution in [-0.4, -0.2) is 30.6 Å². The van der Waals surface area contributed by atoms with Crippen molar-refractivity contribution in [3.63, 3.8) is 0 Å². The van der Waals surface area contributed by atoms with Gasteiger partial charge in [-0.2, -0.15) is 0 Å². The van der Waals surface area contributed by atoms with Crippen LogP contribution in [0.25, 0.3) is 0 Å². The molecule has 0 saturated heterocycles. The molecule has 1 aromatic rings. The topological polar surface area (TPSA) is 20.3 Å². The molecule has 1 aromatic carbocycles. The molecule has 4 heteroatoms. The first-order chi connectivity index (χ1) is 10.9. The lowest BCUT2D eigenvalue weighted by molar-refractivity contribution is -0.127. The molecule has 0 spiro atoms. The van der Waals surface area contributed by atoms with Crippen LogP contribution in [-0.2, 0) is 11.2 Å². The summed E-state index contributed by atoms with van der Waals surface area (Å²) in [4.78, 5) is 14.3. The Morgan fingerprint density at radius 1 is 1.09 bits per heavy atom. The smallest absolute Gasteiger partial charge is 0.138 e. The van der Waals surface area contributed by atoms with Crippen molar-refractivity contribution in [3.8, 4) is 0 Å². The van der Waals surface area contributed by atoms with Gasteiger partial charge >= 0.3 is 0 Å². The summed E-state index contributed by atoms with van der Waals surface area (Å²) in [7, 11) is 0. The molecule has 130 valence electrons. The van der Waals surface area contributed by atoms with Crippen molar-refractivity contribution >= 4 is 34.7 Å². The molecule has 0 unspecified atom stereocenters. The Bertz CT molecular complexity index is 465. The van der Waals surface area contributed by atoms with E-state index in [1.54, 1.807) is 0 Å². The Kier molecular flexibility index (Phi) is 9.01. The molecule has 23 heavy (non-hydrogen) atoms. The molecule has 0 aliphatic carbocycles. The second-order valence-electron chi connectivity index (χ2n) is 6.55. The molecule has 0 saturated carbocycles. The molecule has 0 N–H and O–H groups in total. The van der Waals surface area contributed by atoms with E-state index in [1.807, 2.05) is 13.8 Å². The van der Waals surface area contributed by atoms with Crippen molar-refractivity contribution < 1.29 is 4.79 Å². The number of hydrogen-bond donors (Lipinski definition) is 0. The minimum Gasteiger partial charge on any atom is -0.369 e. The number of benzene rings is 1. The number of alkyl halides is 2. The number of nitrogens with zero attached hydrogens (tertiary/aromatic N) is 1.